The Morgan fingerprint density at radius 1 is 0.531 bits per heavy atom. The van der Waals surface area contributed by atoms with Crippen LogP contribution in [0.4, 0.5) is 10.3 Å². The molecule has 2 fully saturated rings. The summed E-state index contributed by atoms with van der Waals surface area (Å²) in [7, 11) is -0.439. The van der Waals surface area contributed by atoms with E-state index < -0.39 is 20.0 Å². The highest BCUT2D eigenvalue weighted by molar-refractivity contribution is 9.10. The Morgan fingerprint density at radius 3 is 1.44 bits per heavy atom. The van der Waals surface area contributed by atoms with Gasteiger partial charge in [-0.2, -0.15) is 8.61 Å². The molecular weight excluding hydrogens is 1030 g/mol. The van der Waals surface area contributed by atoms with E-state index in [-0.39, 0.29) is 0 Å². The third-order valence-electron chi connectivity index (χ3n) is 10.7. The number of anilines is 2. The number of ether oxygens (including phenoxy) is 4. The van der Waals surface area contributed by atoms with Crippen molar-refractivity contribution in [2.45, 2.75) is 22.6 Å². The van der Waals surface area contributed by atoms with Crippen LogP contribution in [0.2, 0.25) is 0 Å². The molecule has 20 heteroatoms. The average Bonchev–Trinajstić information content (AvgIpc) is 3.99. The van der Waals surface area contributed by atoms with Crippen LogP contribution in [0.1, 0.15) is 22.5 Å². The normalized spacial score (nSPS) is 15.0. The molecule has 340 valence electrons. The number of hydrogen-bond acceptors (Lipinski definition) is 14. The SMILES string of the molecule is COc1ccc(Cc2csc(N3CCN(S(=O)(=O)c4ccc(Br)cc4)CC3)n2)cc1OC.COc1ccc(OC)c(Cc2csc(N3CCN(S(=O)(=O)c4ccc(Br)cc4)CC3)n2)c1. The standard InChI is InChI=1S/2C22H24BrN3O4S2/c1-29-20-8-3-16(14-21(20)30-2)13-18-15-31-22(24-18)25-9-11-26(12-10-25)32(27,28)19-6-4-17(23)5-7-19;1-29-19-5-8-21(30-2)16(14-19)13-18-15-31-22(24-18)25-9-11-26(12-10-25)32(27,28)20-6-3-17(23)4-7-20/h2*3-8,14-15H,9-13H2,1-2H3. The zero-order chi connectivity index (χ0) is 45.4. The zero-order valence-corrected chi connectivity index (χ0v) is 42.1. The molecule has 0 atom stereocenters. The van der Waals surface area contributed by atoms with E-state index >= 15 is 0 Å². The van der Waals surface area contributed by atoms with Gasteiger partial charge < -0.3 is 28.7 Å². The second kappa shape index (κ2) is 21.4. The summed E-state index contributed by atoms with van der Waals surface area (Å²) in [6.07, 6.45) is 1.32. The maximum atomic E-state index is 12.9. The predicted octanol–water partition coefficient (Wildman–Crippen LogP) is 8.05. The molecular formula is C44H48Br2N6O8S4. The number of sulfonamides is 2. The van der Waals surface area contributed by atoms with Crippen LogP contribution in [0.15, 0.2) is 114 Å². The van der Waals surface area contributed by atoms with Gasteiger partial charge >= 0.3 is 0 Å². The predicted molar refractivity (Wildman–Crippen MR) is 259 cm³/mol. The van der Waals surface area contributed by atoms with E-state index in [4.69, 9.17) is 28.9 Å². The van der Waals surface area contributed by atoms with Crippen LogP contribution in [-0.4, -0.2) is 116 Å². The van der Waals surface area contributed by atoms with E-state index in [1.807, 2.05) is 41.8 Å². The highest BCUT2D eigenvalue weighted by Crippen LogP contribution is 2.32. The van der Waals surface area contributed by atoms with Gasteiger partial charge in [0.25, 0.3) is 0 Å². The van der Waals surface area contributed by atoms with Crippen molar-refractivity contribution in [2.24, 2.45) is 0 Å². The highest BCUT2D eigenvalue weighted by Gasteiger charge is 2.31. The molecule has 4 aromatic carbocycles. The van der Waals surface area contributed by atoms with E-state index in [0.717, 1.165) is 53.2 Å². The van der Waals surface area contributed by atoms with Crippen molar-refractivity contribution in [3.8, 4) is 23.0 Å². The van der Waals surface area contributed by atoms with Gasteiger partial charge in [0.2, 0.25) is 20.0 Å². The second-order valence-corrected chi connectivity index (χ2v) is 22.0. The van der Waals surface area contributed by atoms with Crippen LogP contribution in [0.3, 0.4) is 0 Å². The van der Waals surface area contributed by atoms with Crippen LogP contribution < -0.4 is 28.7 Å². The summed E-state index contributed by atoms with van der Waals surface area (Å²) in [5.74, 6) is 2.97. The topological polar surface area (TPSA) is 144 Å². The number of hydrogen-bond donors (Lipinski definition) is 0. The van der Waals surface area contributed by atoms with Crippen LogP contribution >= 0.6 is 54.5 Å². The molecule has 64 heavy (non-hydrogen) atoms. The van der Waals surface area contributed by atoms with Crippen LogP contribution in [0.25, 0.3) is 0 Å². The molecule has 0 saturated carbocycles. The molecule has 2 aliphatic rings. The number of nitrogens with zero attached hydrogens (tertiary/aromatic N) is 6. The summed E-state index contributed by atoms with van der Waals surface area (Å²) in [5.41, 5.74) is 4.02. The summed E-state index contributed by atoms with van der Waals surface area (Å²) in [4.78, 5) is 14.5. The van der Waals surface area contributed by atoms with E-state index in [0.29, 0.717) is 86.5 Å². The molecule has 0 N–H and O–H groups in total. The molecule has 2 aliphatic heterocycles. The first-order valence-electron chi connectivity index (χ1n) is 20.1. The summed E-state index contributed by atoms with van der Waals surface area (Å²) in [6.45, 7) is 4.15. The Hall–Kier alpha value is -4.28. The average molecular weight is 1080 g/mol. The van der Waals surface area contributed by atoms with Crippen molar-refractivity contribution in [3.63, 3.8) is 0 Å². The van der Waals surface area contributed by atoms with Crippen molar-refractivity contribution in [1.29, 1.82) is 0 Å². The first-order valence-corrected chi connectivity index (χ1v) is 26.4. The van der Waals surface area contributed by atoms with E-state index in [1.54, 1.807) is 108 Å². The molecule has 6 aromatic rings. The molecule has 0 bridgehead atoms. The van der Waals surface area contributed by atoms with Gasteiger partial charge in [0.1, 0.15) is 11.5 Å². The van der Waals surface area contributed by atoms with Crippen LogP contribution in [-0.2, 0) is 32.9 Å². The summed E-state index contributed by atoms with van der Waals surface area (Å²) in [5, 5.41) is 5.92. The number of benzene rings is 4. The van der Waals surface area contributed by atoms with E-state index in [9.17, 15) is 16.8 Å². The number of rotatable bonds is 14. The Labute approximate surface area is 399 Å². The minimum absolute atomic E-state index is 0.318. The van der Waals surface area contributed by atoms with Crippen molar-refractivity contribution >= 4 is 84.8 Å². The van der Waals surface area contributed by atoms with Crippen LogP contribution in [0.5, 0.6) is 23.0 Å². The largest absolute Gasteiger partial charge is 0.497 e. The molecule has 0 radical (unpaired) electrons. The summed E-state index contributed by atoms with van der Waals surface area (Å²) < 4.78 is 77.9. The molecule has 2 aromatic heterocycles. The monoisotopic (exact) mass is 1070 g/mol. The molecule has 14 nitrogen and oxygen atoms in total. The molecule has 2 saturated heterocycles. The van der Waals surface area contributed by atoms with Crippen LogP contribution in [0, 0.1) is 0 Å². The Balaban J connectivity index is 0.000000191. The fraction of sp³-hybridized carbons (Fsp3) is 0.318. The van der Waals surface area contributed by atoms with Gasteiger partial charge in [-0.15, -0.1) is 22.7 Å². The first-order chi connectivity index (χ1) is 30.8. The number of aromatic nitrogens is 2. The number of methoxy groups -OCH3 is 4. The van der Waals surface area contributed by atoms with E-state index in [2.05, 4.69) is 47.0 Å². The first kappa shape index (κ1) is 47.7. The number of piperazine rings is 2. The van der Waals surface area contributed by atoms with Gasteiger partial charge in [0, 0.05) is 90.5 Å². The number of thiazole rings is 2. The maximum Gasteiger partial charge on any atom is 0.243 e. The molecule has 8 rings (SSSR count). The zero-order valence-electron chi connectivity index (χ0n) is 35.6. The quantitative estimate of drug-likeness (QED) is 0.104. The van der Waals surface area contributed by atoms with Gasteiger partial charge in [-0.05, 0) is 84.4 Å². The Morgan fingerprint density at radius 2 is 0.984 bits per heavy atom. The third-order valence-corrected chi connectivity index (χ3v) is 17.5. The molecule has 0 spiro atoms. The molecule has 4 heterocycles. The maximum absolute atomic E-state index is 12.9. The number of halogens is 2. The van der Waals surface area contributed by atoms with Gasteiger partial charge in [-0.1, -0.05) is 37.9 Å². The molecule has 0 aliphatic carbocycles. The smallest absolute Gasteiger partial charge is 0.243 e. The lowest BCUT2D eigenvalue weighted by Gasteiger charge is -2.33. The Kier molecular flexibility index (Phi) is 15.9. The fourth-order valence-corrected chi connectivity index (χ4v) is 12.3. The van der Waals surface area contributed by atoms with Crippen molar-refractivity contribution < 1.29 is 35.8 Å². The van der Waals surface area contributed by atoms with Crippen molar-refractivity contribution in [1.82, 2.24) is 18.6 Å². The third kappa shape index (κ3) is 11.4. The Bertz CT molecular complexity index is 2720. The molecule has 0 amide bonds. The van der Waals surface area contributed by atoms with Gasteiger partial charge in [0.15, 0.2) is 21.8 Å². The van der Waals surface area contributed by atoms with E-state index in [1.165, 1.54) is 0 Å². The van der Waals surface area contributed by atoms with Crippen molar-refractivity contribution in [2.75, 3.05) is 90.6 Å². The lowest BCUT2D eigenvalue weighted by Crippen LogP contribution is -2.48. The van der Waals surface area contributed by atoms with Crippen molar-refractivity contribution in [3.05, 3.63) is 127 Å². The summed E-state index contributed by atoms with van der Waals surface area (Å²) >= 11 is 9.85. The minimum Gasteiger partial charge on any atom is -0.497 e. The molecule has 0 unspecified atom stereocenters. The fourth-order valence-electron chi connectivity index (χ4n) is 7.21. The lowest BCUT2D eigenvalue weighted by molar-refractivity contribution is 0.354. The second-order valence-electron chi connectivity index (χ2n) is 14.7. The minimum atomic E-state index is -3.49. The van der Waals surface area contributed by atoms with Gasteiger partial charge in [0.05, 0.1) is 49.6 Å². The van der Waals surface area contributed by atoms with Gasteiger partial charge in [-0.25, -0.2) is 26.8 Å². The highest BCUT2D eigenvalue weighted by atomic mass is 79.9. The van der Waals surface area contributed by atoms with Gasteiger partial charge in [-0.3, -0.25) is 0 Å². The summed E-state index contributed by atoms with van der Waals surface area (Å²) in [6, 6.07) is 25.1. The lowest BCUT2D eigenvalue weighted by atomic mass is 10.1.